The van der Waals surface area contributed by atoms with Gasteiger partial charge in [-0.05, 0) is 30.3 Å². The molecule has 0 aliphatic carbocycles. The summed E-state index contributed by atoms with van der Waals surface area (Å²) in [4.78, 5) is 0. The molecule has 0 amide bonds. The van der Waals surface area contributed by atoms with Crippen molar-refractivity contribution in [3.63, 3.8) is 0 Å². The summed E-state index contributed by atoms with van der Waals surface area (Å²) in [5.74, 6) is 0.339. The van der Waals surface area contributed by atoms with Crippen molar-refractivity contribution in [2.45, 2.75) is 12.4 Å². The maximum absolute atomic E-state index is 13.1. The van der Waals surface area contributed by atoms with Crippen LogP contribution >= 0.6 is 0 Å². The molecular weight excluding hydrogens is 325 g/mol. The van der Waals surface area contributed by atoms with Gasteiger partial charge in [-0.3, -0.25) is 0 Å². The molecule has 0 unspecified atom stereocenters. The molecular formula is C14H7BF6O2. The minimum absolute atomic E-state index is 0.169. The largest absolute Gasteiger partial charge is 0.633 e. The zero-order chi connectivity index (χ0) is 16.8. The Labute approximate surface area is 126 Å². The molecule has 9 heteroatoms. The van der Waals surface area contributed by atoms with Crippen molar-refractivity contribution in [2.75, 3.05) is 0 Å². The van der Waals surface area contributed by atoms with Gasteiger partial charge in [0.25, 0.3) is 0 Å². The summed E-state index contributed by atoms with van der Waals surface area (Å²) in [6.07, 6.45) is -9.61. The third-order valence-electron chi connectivity index (χ3n) is 3.26. The third kappa shape index (κ3) is 2.95. The molecule has 1 aliphatic heterocycles. The van der Waals surface area contributed by atoms with Crippen LogP contribution in [0.5, 0.6) is 11.5 Å². The van der Waals surface area contributed by atoms with Gasteiger partial charge in [0.05, 0.1) is 11.1 Å². The van der Waals surface area contributed by atoms with Gasteiger partial charge in [0.15, 0.2) is 0 Å². The molecule has 0 fully saturated rings. The van der Waals surface area contributed by atoms with Crippen LogP contribution in [0.3, 0.4) is 0 Å². The molecule has 23 heavy (non-hydrogen) atoms. The molecule has 1 aliphatic rings. The molecule has 0 aromatic heterocycles. The second-order valence-corrected chi connectivity index (χ2v) is 4.81. The Morgan fingerprint density at radius 3 is 1.78 bits per heavy atom. The van der Waals surface area contributed by atoms with Crippen LogP contribution in [0.1, 0.15) is 11.1 Å². The summed E-state index contributed by atoms with van der Waals surface area (Å²) in [6.45, 7) is 0. The Kier molecular flexibility index (Phi) is 3.46. The zero-order valence-electron chi connectivity index (χ0n) is 11.2. The lowest BCUT2D eigenvalue weighted by Crippen LogP contribution is -2.43. The fourth-order valence-electron chi connectivity index (χ4n) is 2.22. The van der Waals surface area contributed by atoms with Crippen LogP contribution in [0.15, 0.2) is 42.5 Å². The number of fused-ring (bicyclic) bond motifs is 1. The van der Waals surface area contributed by atoms with Crippen LogP contribution in [0.2, 0.25) is 0 Å². The topological polar surface area (TPSA) is 18.5 Å². The van der Waals surface area contributed by atoms with E-state index in [2.05, 4.69) is 0 Å². The minimum atomic E-state index is -4.83. The van der Waals surface area contributed by atoms with Crippen LogP contribution in [0.25, 0.3) is 0 Å². The van der Waals surface area contributed by atoms with E-state index in [1.54, 1.807) is 12.1 Å². The SMILES string of the molecule is FC(F)(F)c1ccc(C(F)(F)F)c(B2Oc3ccccc3O2)c1. The maximum atomic E-state index is 13.1. The van der Waals surface area contributed by atoms with E-state index in [4.69, 9.17) is 9.31 Å². The van der Waals surface area contributed by atoms with Gasteiger partial charge < -0.3 is 9.31 Å². The molecule has 1 heterocycles. The zero-order valence-corrected chi connectivity index (χ0v) is 11.2. The number of benzene rings is 2. The highest BCUT2D eigenvalue weighted by Crippen LogP contribution is 2.36. The quantitative estimate of drug-likeness (QED) is 0.583. The predicted octanol–water partition coefficient (Wildman–Crippen LogP) is 3.89. The summed E-state index contributed by atoms with van der Waals surface area (Å²) in [6, 6.07) is 7.22. The van der Waals surface area contributed by atoms with E-state index in [1.165, 1.54) is 12.1 Å². The maximum Gasteiger partial charge on any atom is 0.633 e. The lowest BCUT2D eigenvalue weighted by atomic mass is 9.75. The highest BCUT2D eigenvalue weighted by atomic mass is 19.4. The summed E-state index contributed by atoms with van der Waals surface area (Å²) >= 11 is 0. The number of para-hydroxylation sites is 2. The van der Waals surface area contributed by atoms with E-state index in [0.29, 0.717) is 18.2 Å². The molecule has 0 atom stereocenters. The molecule has 0 saturated carbocycles. The number of rotatable bonds is 1. The first-order chi connectivity index (χ1) is 10.7. The molecule has 0 radical (unpaired) electrons. The van der Waals surface area contributed by atoms with Gasteiger partial charge in [0.1, 0.15) is 11.5 Å². The number of halogens is 6. The lowest BCUT2D eigenvalue weighted by Gasteiger charge is -2.16. The molecule has 0 N–H and O–H groups in total. The van der Waals surface area contributed by atoms with E-state index < -0.39 is 36.1 Å². The van der Waals surface area contributed by atoms with Crippen molar-refractivity contribution in [3.05, 3.63) is 53.6 Å². The molecule has 2 aromatic rings. The number of alkyl halides is 6. The van der Waals surface area contributed by atoms with Crippen LogP contribution in [-0.4, -0.2) is 7.12 Å². The van der Waals surface area contributed by atoms with Crippen LogP contribution < -0.4 is 14.8 Å². The standard InChI is InChI=1S/C14H7BF6O2/c16-13(17,18)8-5-6-9(14(19,20)21)10(7-8)15-22-11-3-1-2-4-12(11)23-15/h1-7H. The first-order valence-corrected chi connectivity index (χ1v) is 6.37. The van der Waals surface area contributed by atoms with Crippen LogP contribution in [0, 0.1) is 0 Å². The first kappa shape index (κ1) is 15.6. The monoisotopic (exact) mass is 332 g/mol. The van der Waals surface area contributed by atoms with Crippen LogP contribution in [-0.2, 0) is 12.4 Å². The minimum Gasteiger partial charge on any atom is -0.519 e. The van der Waals surface area contributed by atoms with Crippen molar-refractivity contribution in [1.82, 2.24) is 0 Å². The summed E-state index contributed by atoms with van der Waals surface area (Å²) in [5, 5.41) is 0. The molecule has 0 saturated heterocycles. The molecule has 0 spiro atoms. The summed E-state index contributed by atoms with van der Waals surface area (Å²) < 4.78 is 88.0. The van der Waals surface area contributed by atoms with Gasteiger partial charge in [0, 0.05) is 5.46 Å². The average Bonchev–Trinajstić information content (AvgIpc) is 2.88. The predicted molar refractivity (Wildman–Crippen MR) is 69.5 cm³/mol. The van der Waals surface area contributed by atoms with Gasteiger partial charge in [-0.25, -0.2) is 0 Å². The number of hydrogen-bond acceptors (Lipinski definition) is 2. The highest BCUT2D eigenvalue weighted by molar-refractivity contribution is 6.64. The van der Waals surface area contributed by atoms with Crippen molar-refractivity contribution in [3.8, 4) is 11.5 Å². The van der Waals surface area contributed by atoms with Crippen molar-refractivity contribution >= 4 is 12.6 Å². The van der Waals surface area contributed by atoms with Crippen molar-refractivity contribution in [2.24, 2.45) is 0 Å². The van der Waals surface area contributed by atoms with Gasteiger partial charge in [-0.2, -0.15) is 26.3 Å². The normalized spacial score (nSPS) is 14.3. The molecule has 120 valence electrons. The van der Waals surface area contributed by atoms with Crippen LogP contribution in [0.4, 0.5) is 26.3 Å². The average molecular weight is 332 g/mol. The van der Waals surface area contributed by atoms with Gasteiger partial charge in [0.2, 0.25) is 0 Å². The fraction of sp³-hybridized carbons (Fsp3) is 0.143. The highest BCUT2D eigenvalue weighted by Gasteiger charge is 2.44. The van der Waals surface area contributed by atoms with E-state index >= 15 is 0 Å². The van der Waals surface area contributed by atoms with E-state index in [0.717, 1.165) is 0 Å². The molecule has 2 aromatic carbocycles. The van der Waals surface area contributed by atoms with E-state index in [-0.39, 0.29) is 11.5 Å². The Morgan fingerprint density at radius 2 is 1.30 bits per heavy atom. The second kappa shape index (κ2) is 5.11. The van der Waals surface area contributed by atoms with Gasteiger partial charge >= 0.3 is 19.5 Å². The third-order valence-corrected chi connectivity index (χ3v) is 3.26. The van der Waals surface area contributed by atoms with Gasteiger partial charge in [-0.1, -0.05) is 12.1 Å². The molecule has 3 rings (SSSR count). The summed E-state index contributed by atoms with van der Waals surface area (Å²) in [5.41, 5.74) is -3.16. The number of hydrogen-bond donors (Lipinski definition) is 0. The molecule has 2 nitrogen and oxygen atoms in total. The fourth-order valence-corrected chi connectivity index (χ4v) is 2.22. The second-order valence-electron chi connectivity index (χ2n) is 4.81. The van der Waals surface area contributed by atoms with Crippen molar-refractivity contribution in [1.29, 1.82) is 0 Å². The van der Waals surface area contributed by atoms with Crippen molar-refractivity contribution < 1.29 is 35.7 Å². The molecule has 0 bridgehead atoms. The summed E-state index contributed by atoms with van der Waals surface area (Å²) in [7, 11) is -1.59. The lowest BCUT2D eigenvalue weighted by molar-refractivity contribution is -0.140. The first-order valence-electron chi connectivity index (χ1n) is 6.37. The Bertz CT molecular complexity index is 716. The Hall–Kier alpha value is -2.32. The van der Waals surface area contributed by atoms with E-state index in [9.17, 15) is 26.3 Å². The van der Waals surface area contributed by atoms with E-state index in [1.807, 2.05) is 0 Å². The Morgan fingerprint density at radius 1 is 0.739 bits per heavy atom. The Balaban J connectivity index is 2.07. The van der Waals surface area contributed by atoms with Gasteiger partial charge in [-0.15, -0.1) is 0 Å². The smallest absolute Gasteiger partial charge is 0.519 e.